The number of aromatic nitrogens is 2. The van der Waals surface area contributed by atoms with Crippen LogP contribution in [-0.4, -0.2) is 21.9 Å². The number of nitrogens with zero attached hydrogens (tertiary/aromatic N) is 1. The van der Waals surface area contributed by atoms with E-state index in [1.165, 1.54) is 0 Å². The van der Waals surface area contributed by atoms with E-state index in [1.807, 2.05) is 13.8 Å². The smallest absolute Gasteiger partial charge is 0.237 e. The maximum Gasteiger partial charge on any atom is 0.237 e. The fourth-order valence-corrected chi connectivity index (χ4v) is 1.30. The van der Waals surface area contributed by atoms with Crippen molar-refractivity contribution in [2.45, 2.75) is 38.8 Å². The van der Waals surface area contributed by atoms with Crippen LogP contribution in [0.25, 0.3) is 0 Å². The largest absolute Gasteiger partial charge is 0.347 e. The van der Waals surface area contributed by atoms with Gasteiger partial charge in [0, 0.05) is 12.4 Å². The van der Waals surface area contributed by atoms with Crippen LogP contribution in [0, 0.1) is 0 Å². The summed E-state index contributed by atoms with van der Waals surface area (Å²) in [6.07, 6.45) is 4.84. The Balaban J connectivity index is 2.58. The van der Waals surface area contributed by atoms with E-state index in [2.05, 4.69) is 15.3 Å². The van der Waals surface area contributed by atoms with Crippen molar-refractivity contribution in [2.24, 2.45) is 5.73 Å². The average molecular weight is 210 g/mol. The van der Waals surface area contributed by atoms with Gasteiger partial charge in [0.05, 0.1) is 12.1 Å². The second kappa shape index (κ2) is 5.50. The number of imidazole rings is 1. The predicted octanol–water partition coefficient (Wildman–Crippen LogP) is 0.714. The van der Waals surface area contributed by atoms with Gasteiger partial charge < -0.3 is 16.0 Å². The normalized spacial score (nSPS) is 14.6. The molecule has 0 aliphatic rings. The molecule has 0 bridgehead atoms. The fraction of sp³-hybridized carbons (Fsp3) is 0.600. The summed E-state index contributed by atoms with van der Waals surface area (Å²) in [7, 11) is 0. The van der Waals surface area contributed by atoms with Crippen molar-refractivity contribution in [3.63, 3.8) is 0 Å². The van der Waals surface area contributed by atoms with Crippen LogP contribution in [0.15, 0.2) is 12.4 Å². The number of rotatable bonds is 5. The van der Waals surface area contributed by atoms with Crippen LogP contribution in [-0.2, 0) is 4.79 Å². The van der Waals surface area contributed by atoms with Crippen LogP contribution in [0.1, 0.15) is 38.6 Å². The predicted molar refractivity (Wildman–Crippen MR) is 58.0 cm³/mol. The highest BCUT2D eigenvalue weighted by Crippen LogP contribution is 2.11. The molecule has 5 heteroatoms. The standard InChI is InChI=1S/C10H18N4O/c1-3-7(11)10(15)14-8(4-2)9-12-5-6-13-9/h5-8H,3-4,11H2,1-2H3,(H,12,13)(H,14,15)/t7-,8?/m0/s1. The maximum atomic E-state index is 11.6. The molecule has 0 radical (unpaired) electrons. The molecule has 1 rings (SSSR count). The molecule has 0 saturated carbocycles. The molecule has 0 fully saturated rings. The van der Waals surface area contributed by atoms with Gasteiger partial charge in [0.2, 0.25) is 5.91 Å². The molecule has 0 spiro atoms. The number of hydrogen-bond acceptors (Lipinski definition) is 3. The highest BCUT2D eigenvalue weighted by molar-refractivity contribution is 5.81. The highest BCUT2D eigenvalue weighted by atomic mass is 16.2. The molecule has 1 amide bonds. The summed E-state index contributed by atoms with van der Waals surface area (Å²) in [4.78, 5) is 18.7. The van der Waals surface area contributed by atoms with Gasteiger partial charge in [-0.15, -0.1) is 0 Å². The van der Waals surface area contributed by atoms with Crippen molar-refractivity contribution >= 4 is 5.91 Å². The van der Waals surface area contributed by atoms with Crippen LogP contribution >= 0.6 is 0 Å². The second-order valence-electron chi connectivity index (χ2n) is 3.46. The molecule has 1 aromatic heterocycles. The fourth-order valence-electron chi connectivity index (χ4n) is 1.30. The van der Waals surface area contributed by atoms with Crippen LogP contribution < -0.4 is 11.1 Å². The van der Waals surface area contributed by atoms with Crippen molar-refractivity contribution in [1.29, 1.82) is 0 Å². The van der Waals surface area contributed by atoms with E-state index in [9.17, 15) is 4.79 Å². The van der Waals surface area contributed by atoms with Crippen molar-refractivity contribution < 1.29 is 4.79 Å². The van der Waals surface area contributed by atoms with E-state index in [1.54, 1.807) is 12.4 Å². The molecule has 0 saturated heterocycles. The molecule has 2 atom stereocenters. The number of hydrogen-bond donors (Lipinski definition) is 3. The van der Waals surface area contributed by atoms with E-state index in [4.69, 9.17) is 5.73 Å². The van der Waals surface area contributed by atoms with Gasteiger partial charge in [0.15, 0.2) is 0 Å². The lowest BCUT2D eigenvalue weighted by Gasteiger charge is -2.17. The lowest BCUT2D eigenvalue weighted by Crippen LogP contribution is -2.41. The average Bonchev–Trinajstić information content (AvgIpc) is 2.77. The number of aromatic amines is 1. The quantitative estimate of drug-likeness (QED) is 0.669. The molecule has 4 N–H and O–H groups in total. The minimum atomic E-state index is -0.436. The molecule has 15 heavy (non-hydrogen) atoms. The topological polar surface area (TPSA) is 83.8 Å². The third kappa shape index (κ3) is 3.06. The van der Waals surface area contributed by atoms with Crippen molar-refractivity contribution in [1.82, 2.24) is 15.3 Å². The first-order valence-electron chi connectivity index (χ1n) is 5.24. The second-order valence-corrected chi connectivity index (χ2v) is 3.46. The van der Waals surface area contributed by atoms with Crippen molar-refractivity contribution in [3.8, 4) is 0 Å². The van der Waals surface area contributed by atoms with Gasteiger partial charge in [0.25, 0.3) is 0 Å². The van der Waals surface area contributed by atoms with Crippen molar-refractivity contribution in [3.05, 3.63) is 18.2 Å². The zero-order chi connectivity index (χ0) is 11.3. The lowest BCUT2D eigenvalue weighted by atomic mass is 10.1. The highest BCUT2D eigenvalue weighted by Gasteiger charge is 2.18. The number of amides is 1. The Kier molecular flexibility index (Phi) is 4.30. The molecule has 0 aliphatic carbocycles. The van der Waals surface area contributed by atoms with Crippen LogP contribution in [0.5, 0.6) is 0 Å². The Morgan fingerprint density at radius 1 is 1.60 bits per heavy atom. The van der Waals surface area contributed by atoms with Gasteiger partial charge in [-0.1, -0.05) is 13.8 Å². The first-order chi connectivity index (χ1) is 7.19. The van der Waals surface area contributed by atoms with Crippen molar-refractivity contribution in [2.75, 3.05) is 0 Å². The van der Waals surface area contributed by atoms with E-state index in [-0.39, 0.29) is 11.9 Å². The molecular weight excluding hydrogens is 192 g/mol. The molecule has 5 nitrogen and oxygen atoms in total. The van der Waals surface area contributed by atoms with E-state index < -0.39 is 6.04 Å². The summed E-state index contributed by atoms with van der Waals surface area (Å²) < 4.78 is 0. The molecule has 1 aromatic rings. The number of nitrogens with two attached hydrogens (primary N) is 1. The summed E-state index contributed by atoms with van der Waals surface area (Å²) in [5.74, 6) is 0.648. The molecule has 0 aliphatic heterocycles. The Bertz CT molecular complexity index is 296. The Labute approximate surface area is 89.5 Å². The van der Waals surface area contributed by atoms with Crippen LogP contribution in [0.3, 0.4) is 0 Å². The number of nitrogens with one attached hydrogen (secondary N) is 2. The van der Waals surface area contributed by atoms with Gasteiger partial charge in [-0.2, -0.15) is 0 Å². The lowest BCUT2D eigenvalue weighted by molar-refractivity contribution is -0.123. The summed E-state index contributed by atoms with van der Waals surface area (Å²) in [6, 6.07) is -0.515. The first kappa shape index (κ1) is 11.7. The summed E-state index contributed by atoms with van der Waals surface area (Å²) in [6.45, 7) is 3.88. The third-order valence-electron chi connectivity index (χ3n) is 2.35. The third-order valence-corrected chi connectivity index (χ3v) is 2.35. The number of carbonyl (C=O) groups is 1. The Hall–Kier alpha value is -1.36. The van der Waals surface area contributed by atoms with E-state index in [0.717, 1.165) is 12.2 Å². The maximum absolute atomic E-state index is 11.6. The number of carbonyl (C=O) groups excluding carboxylic acids is 1. The van der Waals surface area contributed by atoms with E-state index >= 15 is 0 Å². The van der Waals surface area contributed by atoms with Crippen LogP contribution in [0.4, 0.5) is 0 Å². The monoisotopic (exact) mass is 210 g/mol. The molecule has 1 unspecified atom stereocenters. The minimum absolute atomic E-state index is 0.0786. The molecule has 84 valence electrons. The molecular formula is C10H18N4O. The van der Waals surface area contributed by atoms with Gasteiger partial charge >= 0.3 is 0 Å². The summed E-state index contributed by atoms with van der Waals surface area (Å²) >= 11 is 0. The zero-order valence-electron chi connectivity index (χ0n) is 9.16. The van der Waals surface area contributed by atoms with Crippen LogP contribution in [0.2, 0.25) is 0 Å². The molecule has 0 aromatic carbocycles. The Morgan fingerprint density at radius 2 is 2.33 bits per heavy atom. The van der Waals surface area contributed by atoms with Gasteiger partial charge in [-0.3, -0.25) is 4.79 Å². The summed E-state index contributed by atoms with van der Waals surface area (Å²) in [5.41, 5.74) is 5.63. The van der Waals surface area contributed by atoms with E-state index in [0.29, 0.717) is 6.42 Å². The summed E-state index contributed by atoms with van der Waals surface area (Å²) in [5, 5.41) is 2.86. The minimum Gasteiger partial charge on any atom is -0.347 e. The zero-order valence-corrected chi connectivity index (χ0v) is 9.16. The first-order valence-corrected chi connectivity index (χ1v) is 5.24. The Morgan fingerprint density at radius 3 is 2.80 bits per heavy atom. The number of H-pyrrole nitrogens is 1. The van der Waals surface area contributed by atoms with Gasteiger partial charge in [-0.25, -0.2) is 4.98 Å². The molecule has 1 heterocycles. The van der Waals surface area contributed by atoms with Gasteiger partial charge in [-0.05, 0) is 12.8 Å². The van der Waals surface area contributed by atoms with Gasteiger partial charge in [0.1, 0.15) is 5.82 Å². The SMILES string of the molecule is CCC(NC(=O)[C@@H](N)CC)c1ncc[nH]1.